The van der Waals surface area contributed by atoms with Gasteiger partial charge in [-0.05, 0) is 18.3 Å². The molecule has 0 spiro atoms. The average Bonchev–Trinajstić information content (AvgIpc) is 2.67. The van der Waals surface area contributed by atoms with Gasteiger partial charge in [0.05, 0.1) is 0 Å². The quantitative estimate of drug-likeness (QED) is 0.746. The molecule has 0 bridgehead atoms. The summed E-state index contributed by atoms with van der Waals surface area (Å²) in [5, 5.41) is 6.30. The highest BCUT2D eigenvalue weighted by molar-refractivity contribution is 5.90. The Morgan fingerprint density at radius 3 is 2.67 bits per heavy atom. The summed E-state index contributed by atoms with van der Waals surface area (Å²) in [5.41, 5.74) is 0. The first kappa shape index (κ1) is 10.1. The summed E-state index contributed by atoms with van der Waals surface area (Å²) in [4.78, 5) is 17.7. The van der Waals surface area contributed by atoms with Gasteiger partial charge in [0.2, 0.25) is 5.82 Å². The Hall–Kier alpha value is -1.39. The van der Waals surface area contributed by atoms with Gasteiger partial charge in [-0.15, -0.1) is 0 Å². The molecule has 1 aromatic rings. The molecule has 2 rings (SSSR count). The third-order valence-corrected chi connectivity index (χ3v) is 2.77. The van der Waals surface area contributed by atoms with Gasteiger partial charge in [0.25, 0.3) is 5.91 Å². The van der Waals surface area contributed by atoms with Crippen molar-refractivity contribution in [1.82, 2.24) is 20.1 Å². The number of amides is 1. The van der Waals surface area contributed by atoms with E-state index in [2.05, 4.69) is 29.0 Å². The van der Waals surface area contributed by atoms with Gasteiger partial charge in [-0.25, -0.2) is 4.98 Å². The summed E-state index contributed by atoms with van der Waals surface area (Å²) in [5.74, 6) is 1.45. The van der Waals surface area contributed by atoms with Crippen molar-refractivity contribution in [3.8, 4) is 0 Å². The first-order valence-corrected chi connectivity index (χ1v) is 5.31. The van der Waals surface area contributed by atoms with E-state index in [-0.39, 0.29) is 5.91 Å². The van der Waals surface area contributed by atoms with Crippen molar-refractivity contribution in [1.29, 1.82) is 0 Å². The summed E-state index contributed by atoms with van der Waals surface area (Å²) in [6, 6.07) is 0. The Bertz CT molecular complexity index is 325. The molecule has 5 heteroatoms. The van der Waals surface area contributed by atoms with Crippen molar-refractivity contribution in [3.05, 3.63) is 12.2 Å². The molecule has 2 unspecified atom stereocenters. The fourth-order valence-corrected chi connectivity index (χ4v) is 2.29. The number of piperidine rings is 1. The van der Waals surface area contributed by atoms with E-state index in [1.165, 1.54) is 12.7 Å². The SMILES string of the molecule is CC1CC(C)CN(C(=O)c2ncn[nH]2)C1. The highest BCUT2D eigenvalue weighted by atomic mass is 16.2. The van der Waals surface area contributed by atoms with E-state index >= 15 is 0 Å². The van der Waals surface area contributed by atoms with Gasteiger partial charge >= 0.3 is 0 Å². The summed E-state index contributed by atoms with van der Waals surface area (Å²) < 4.78 is 0. The number of rotatable bonds is 1. The van der Waals surface area contributed by atoms with Crippen LogP contribution in [0.1, 0.15) is 30.9 Å². The third kappa shape index (κ3) is 2.16. The maximum atomic E-state index is 11.9. The number of carbonyl (C=O) groups excluding carboxylic acids is 1. The summed E-state index contributed by atoms with van der Waals surface area (Å²) in [6.07, 6.45) is 2.56. The highest BCUT2D eigenvalue weighted by Gasteiger charge is 2.27. The van der Waals surface area contributed by atoms with Crippen LogP contribution in [0.3, 0.4) is 0 Å². The molecule has 1 N–H and O–H groups in total. The number of hydrogen-bond donors (Lipinski definition) is 1. The third-order valence-electron chi connectivity index (χ3n) is 2.77. The van der Waals surface area contributed by atoms with Crippen LogP contribution in [0.2, 0.25) is 0 Å². The molecule has 0 radical (unpaired) electrons. The number of likely N-dealkylation sites (tertiary alicyclic amines) is 1. The minimum absolute atomic E-state index is 0.0362. The van der Waals surface area contributed by atoms with Crippen molar-refractivity contribution in [2.24, 2.45) is 11.8 Å². The van der Waals surface area contributed by atoms with Crippen molar-refractivity contribution in [3.63, 3.8) is 0 Å². The van der Waals surface area contributed by atoms with E-state index in [1.54, 1.807) is 0 Å². The Balaban J connectivity index is 2.07. The number of carbonyl (C=O) groups is 1. The van der Waals surface area contributed by atoms with E-state index in [9.17, 15) is 4.79 Å². The molecule has 0 saturated carbocycles. The second-order valence-corrected chi connectivity index (χ2v) is 4.49. The Morgan fingerprint density at radius 2 is 2.13 bits per heavy atom. The highest BCUT2D eigenvalue weighted by Crippen LogP contribution is 2.21. The maximum absolute atomic E-state index is 11.9. The maximum Gasteiger partial charge on any atom is 0.291 e. The first-order chi connectivity index (χ1) is 7.16. The number of nitrogens with zero attached hydrogens (tertiary/aromatic N) is 3. The first-order valence-electron chi connectivity index (χ1n) is 5.31. The number of hydrogen-bond acceptors (Lipinski definition) is 3. The van der Waals surface area contributed by atoms with Crippen LogP contribution in [0.15, 0.2) is 6.33 Å². The van der Waals surface area contributed by atoms with Crippen LogP contribution in [-0.2, 0) is 0 Å². The number of nitrogens with one attached hydrogen (secondary N) is 1. The topological polar surface area (TPSA) is 61.9 Å². The fraction of sp³-hybridized carbons (Fsp3) is 0.700. The number of aromatic nitrogens is 3. The van der Waals surface area contributed by atoms with Crippen LogP contribution >= 0.6 is 0 Å². The lowest BCUT2D eigenvalue weighted by molar-refractivity contribution is 0.0611. The zero-order chi connectivity index (χ0) is 10.8. The zero-order valence-electron chi connectivity index (χ0n) is 9.10. The van der Waals surface area contributed by atoms with E-state index < -0.39 is 0 Å². The minimum atomic E-state index is -0.0362. The predicted octanol–water partition coefficient (Wildman–Crippen LogP) is 0.923. The summed E-state index contributed by atoms with van der Waals surface area (Å²) >= 11 is 0. The minimum Gasteiger partial charge on any atom is -0.335 e. The smallest absolute Gasteiger partial charge is 0.291 e. The van der Waals surface area contributed by atoms with Gasteiger partial charge in [-0.2, -0.15) is 5.10 Å². The lowest BCUT2D eigenvalue weighted by Gasteiger charge is -2.34. The molecular formula is C10H16N4O. The van der Waals surface area contributed by atoms with Gasteiger partial charge in [0, 0.05) is 13.1 Å². The molecule has 1 fully saturated rings. The molecule has 0 aromatic carbocycles. The summed E-state index contributed by atoms with van der Waals surface area (Å²) in [6.45, 7) is 6.00. The van der Waals surface area contributed by atoms with Crippen LogP contribution in [0.5, 0.6) is 0 Å². The van der Waals surface area contributed by atoms with Crippen molar-refractivity contribution < 1.29 is 4.79 Å². The molecule has 1 saturated heterocycles. The lowest BCUT2D eigenvalue weighted by atomic mass is 9.92. The zero-order valence-corrected chi connectivity index (χ0v) is 9.10. The van der Waals surface area contributed by atoms with E-state index in [0.717, 1.165) is 13.1 Å². The van der Waals surface area contributed by atoms with Crippen LogP contribution in [0.25, 0.3) is 0 Å². The van der Waals surface area contributed by atoms with Crippen molar-refractivity contribution in [2.45, 2.75) is 20.3 Å². The van der Waals surface area contributed by atoms with Gasteiger partial charge in [-0.3, -0.25) is 9.89 Å². The molecule has 1 aliphatic heterocycles. The van der Waals surface area contributed by atoms with Gasteiger partial charge in [0.15, 0.2) is 0 Å². The molecule has 2 heterocycles. The van der Waals surface area contributed by atoms with Gasteiger partial charge in [0.1, 0.15) is 6.33 Å². The molecule has 2 atom stereocenters. The molecule has 0 aliphatic carbocycles. The van der Waals surface area contributed by atoms with Crippen molar-refractivity contribution in [2.75, 3.05) is 13.1 Å². The molecule has 5 nitrogen and oxygen atoms in total. The second kappa shape index (κ2) is 4.00. The molecule has 82 valence electrons. The molecule has 1 aliphatic rings. The number of H-pyrrole nitrogens is 1. The molecular weight excluding hydrogens is 192 g/mol. The van der Waals surface area contributed by atoms with E-state index in [4.69, 9.17) is 0 Å². The largest absolute Gasteiger partial charge is 0.335 e. The van der Waals surface area contributed by atoms with Crippen molar-refractivity contribution >= 4 is 5.91 Å². The molecule has 15 heavy (non-hydrogen) atoms. The summed E-state index contributed by atoms with van der Waals surface area (Å²) in [7, 11) is 0. The monoisotopic (exact) mass is 208 g/mol. The second-order valence-electron chi connectivity index (χ2n) is 4.49. The molecule has 1 amide bonds. The Kier molecular flexibility index (Phi) is 2.70. The van der Waals surface area contributed by atoms with E-state index in [0.29, 0.717) is 17.7 Å². The Morgan fingerprint density at radius 1 is 1.47 bits per heavy atom. The van der Waals surface area contributed by atoms with Crippen LogP contribution in [-0.4, -0.2) is 39.1 Å². The normalized spacial score (nSPS) is 26.7. The lowest BCUT2D eigenvalue weighted by Crippen LogP contribution is -2.43. The standard InChI is InChI=1S/C10H16N4O/c1-7-3-8(2)5-14(4-7)10(15)9-11-6-12-13-9/h6-8H,3-5H2,1-2H3,(H,11,12,13). The predicted molar refractivity (Wildman–Crippen MR) is 55.2 cm³/mol. The van der Waals surface area contributed by atoms with Crippen LogP contribution < -0.4 is 0 Å². The van der Waals surface area contributed by atoms with Crippen LogP contribution in [0, 0.1) is 11.8 Å². The average molecular weight is 208 g/mol. The van der Waals surface area contributed by atoms with E-state index in [1.807, 2.05) is 4.90 Å². The van der Waals surface area contributed by atoms with Gasteiger partial charge < -0.3 is 4.90 Å². The van der Waals surface area contributed by atoms with Gasteiger partial charge in [-0.1, -0.05) is 13.8 Å². The Labute approximate surface area is 88.9 Å². The number of aromatic amines is 1. The molecule has 1 aromatic heterocycles. The fourth-order valence-electron chi connectivity index (χ4n) is 2.29. The van der Waals surface area contributed by atoms with Crippen LogP contribution in [0.4, 0.5) is 0 Å².